The molecule has 2 rings (SSSR count). The maximum atomic E-state index is 3.95. The summed E-state index contributed by atoms with van der Waals surface area (Å²) in [4.78, 5) is 2.53. The third kappa shape index (κ3) is 2.63. The van der Waals surface area contributed by atoms with Crippen LogP contribution in [0, 0.1) is 5.92 Å². The number of nitrogens with zero attached hydrogens (tertiary/aromatic N) is 1. The molecule has 1 aliphatic carbocycles. The van der Waals surface area contributed by atoms with E-state index < -0.39 is 0 Å². The average molecular weight is 273 g/mol. The molecule has 2 nitrogen and oxygen atoms in total. The van der Waals surface area contributed by atoms with Gasteiger partial charge in [-0.2, -0.15) is 0 Å². The summed E-state index contributed by atoms with van der Waals surface area (Å²) >= 11 is 3.47. The van der Waals surface area contributed by atoms with Crippen molar-refractivity contribution in [2.24, 2.45) is 5.92 Å². The first-order valence-electron chi connectivity index (χ1n) is 5.83. The van der Waals surface area contributed by atoms with Crippen molar-refractivity contribution in [1.82, 2.24) is 10.2 Å². The van der Waals surface area contributed by atoms with Crippen molar-refractivity contribution in [3.8, 4) is 0 Å². The molecule has 0 aromatic carbocycles. The van der Waals surface area contributed by atoms with Crippen LogP contribution in [0.25, 0.3) is 0 Å². The van der Waals surface area contributed by atoms with E-state index in [4.69, 9.17) is 0 Å². The molecule has 0 bridgehead atoms. The smallest absolute Gasteiger partial charge is 0.0309 e. The normalized spacial score (nSPS) is 37.9. The third-order valence-corrected chi connectivity index (χ3v) is 4.06. The summed E-state index contributed by atoms with van der Waals surface area (Å²) in [5.41, 5.74) is 0.342. The largest absolute Gasteiger partial charge is 0.308 e. The number of halogens is 1. The monoisotopic (exact) mass is 272 g/mol. The van der Waals surface area contributed by atoms with Gasteiger partial charge < -0.3 is 5.32 Å². The van der Waals surface area contributed by atoms with Crippen molar-refractivity contribution >= 4 is 15.9 Å². The first kappa shape index (κ1) is 11.6. The Morgan fingerprint density at radius 2 is 2.27 bits per heavy atom. The van der Waals surface area contributed by atoms with E-state index in [2.05, 4.69) is 46.6 Å². The summed E-state index contributed by atoms with van der Waals surface area (Å²) in [6.07, 6.45) is 2.81. The fourth-order valence-electron chi connectivity index (χ4n) is 2.57. The highest BCUT2D eigenvalue weighted by Gasteiger charge is 2.45. The van der Waals surface area contributed by atoms with Crippen LogP contribution in [0.15, 0.2) is 11.1 Å². The molecule has 1 N–H and O–H groups in total. The van der Waals surface area contributed by atoms with Crippen molar-refractivity contribution in [3.05, 3.63) is 11.1 Å². The quantitative estimate of drug-likeness (QED) is 0.849. The molecular formula is C12H21BrN2. The van der Waals surface area contributed by atoms with E-state index >= 15 is 0 Å². The van der Waals surface area contributed by atoms with E-state index in [1.165, 1.54) is 12.8 Å². The molecule has 3 heteroatoms. The van der Waals surface area contributed by atoms with Gasteiger partial charge in [-0.25, -0.2) is 0 Å². The fraction of sp³-hybridized carbons (Fsp3) is 0.833. The van der Waals surface area contributed by atoms with Crippen LogP contribution in [-0.2, 0) is 0 Å². The summed E-state index contributed by atoms with van der Waals surface area (Å²) < 4.78 is 1.09. The van der Waals surface area contributed by atoms with Crippen LogP contribution < -0.4 is 5.32 Å². The van der Waals surface area contributed by atoms with Gasteiger partial charge in [-0.05, 0) is 32.6 Å². The number of hydrogen-bond acceptors (Lipinski definition) is 2. The SMILES string of the molecule is C=C(Br)CN1CC(C)(C2CC2)NCC1C. The van der Waals surface area contributed by atoms with E-state index in [9.17, 15) is 0 Å². The van der Waals surface area contributed by atoms with E-state index in [-0.39, 0.29) is 0 Å². The van der Waals surface area contributed by atoms with Crippen LogP contribution in [0.5, 0.6) is 0 Å². The van der Waals surface area contributed by atoms with Crippen molar-refractivity contribution in [1.29, 1.82) is 0 Å². The highest BCUT2D eigenvalue weighted by molar-refractivity contribution is 9.11. The Hall–Kier alpha value is 0.140. The minimum absolute atomic E-state index is 0.342. The highest BCUT2D eigenvalue weighted by Crippen LogP contribution is 2.41. The summed E-state index contributed by atoms with van der Waals surface area (Å²) in [6, 6.07) is 0.617. The van der Waals surface area contributed by atoms with E-state index in [0.29, 0.717) is 11.6 Å². The van der Waals surface area contributed by atoms with E-state index in [1.807, 2.05) is 0 Å². The van der Waals surface area contributed by atoms with Gasteiger partial charge in [-0.15, -0.1) is 0 Å². The van der Waals surface area contributed by atoms with Crippen molar-refractivity contribution in [3.63, 3.8) is 0 Å². The summed E-state index contributed by atoms with van der Waals surface area (Å²) in [6.45, 7) is 11.8. The van der Waals surface area contributed by atoms with Crippen LogP contribution in [-0.4, -0.2) is 36.1 Å². The van der Waals surface area contributed by atoms with Crippen LogP contribution >= 0.6 is 15.9 Å². The molecule has 2 unspecified atom stereocenters. The van der Waals surface area contributed by atoms with Gasteiger partial charge in [0.2, 0.25) is 0 Å². The van der Waals surface area contributed by atoms with Crippen molar-refractivity contribution < 1.29 is 0 Å². The maximum Gasteiger partial charge on any atom is 0.0309 e. The van der Waals surface area contributed by atoms with Crippen molar-refractivity contribution in [2.75, 3.05) is 19.6 Å². The Kier molecular flexibility index (Phi) is 3.25. The predicted octanol–water partition coefficient (Wildman–Crippen LogP) is 2.36. The molecule has 2 atom stereocenters. The zero-order chi connectivity index (χ0) is 11.1. The van der Waals surface area contributed by atoms with Gasteiger partial charge in [-0.3, -0.25) is 4.90 Å². The molecule has 0 aromatic rings. The Morgan fingerprint density at radius 1 is 1.60 bits per heavy atom. The van der Waals surface area contributed by atoms with Gasteiger partial charge in [0.05, 0.1) is 0 Å². The lowest BCUT2D eigenvalue weighted by atomic mass is 9.91. The standard InChI is InChI=1S/C12H21BrN2/c1-9(13)7-15-8-12(3,11-4-5-11)14-6-10(15)2/h10-11,14H,1,4-8H2,2-3H3. The summed E-state index contributed by atoms with van der Waals surface area (Å²) in [5, 5.41) is 3.72. The molecule has 0 aromatic heterocycles. The lowest BCUT2D eigenvalue weighted by Crippen LogP contribution is -2.63. The number of nitrogens with one attached hydrogen (secondary N) is 1. The molecule has 0 spiro atoms. The molecule has 86 valence electrons. The Labute approximate surface area is 101 Å². The lowest BCUT2D eigenvalue weighted by molar-refractivity contribution is 0.0937. The molecular weight excluding hydrogens is 252 g/mol. The van der Waals surface area contributed by atoms with Gasteiger partial charge in [0.25, 0.3) is 0 Å². The van der Waals surface area contributed by atoms with E-state index in [1.54, 1.807) is 0 Å². The lowest BCUT2D eigenvalue weighted by Gasteiger charge is -2.45. The molecule has 1 heterocycles. The van der Waals surface area contributed by atoms with Crippen LogP contribution in [0.2, 0.25) is 0 Å². The molecule has 15 heavy (non-hydrogen) atoms. The van der Waals surface area contributed by atoms with Gasteiger partial charge in [-0.1, -0.05) is 22.5 Å². The second-order valence-corrected chi connectivity index (χ2v) is 6.47. The number of piperazine rings is 1. The Balaban J connectivity index is 1.99. The zero-order valence-electron chi connectivity index (χ0n) is 9.72. The van der Waals surface area contributed by atoms with Crippen LogP contribution in [0.4, 0.5) is 0 Å². The van der Waals surface area contributed by atoms with Crippen LogP contribution in [0.3, 0.4) is 0 Å². The first-order valence-corrected chi connectivity index (χ1v) is 6.63. The van der Waals surface area contributed by atoms with Crippen molar-refractivity contribution in [2.45, 2.75) is 38.3 Å². The predicted molar refractivity (Wildman–Crippen MR) is 68.2 cm³/mol. The number of hydrogen-bond donors (Lipinski definition) is 1. The first-order chi connectivity index (χ1) is 7.01. The summed E-state index contributed by atoms with van der Waals surface area (Å²) in [5.74, 6) is 0.899. The van der Waals surface area contributed by atoms with Gasteiger partial charge in [0.1, 0.15) is 0 Å². The third-order valence-electron chi connectivity index (χ3n) is 3.81. The minimum atomic E-state index is 0.342. The minimum Gasteiger partial charge on any atom is -0.308 e. The molecule has 2 aliphatic rings. The molecule has 1 aliphatic heterocycles. The fourth-order valence-corrected chi connectivity index (χ4v) is 2.89. The second kappa shape index (κ2) is 4.19. The topological polar surface area (TPSA) is 15.3 Å². The molecule has 0 radical (unpaired) electrons. The van der Waals surface area contributed by atoms with Gasteiger partial charge in [0, 0.05) is 35.7 Å². The average Bonchev–Trinajstić information content (AvgIpc) is 2.93. The Bertz CT molecular complexity index is 262. The molecule has 1 saturated carbocycles. The van der Waals surface area contributed by atoms with Gasteiger partial charge >= 0.3 is 0 Å². The zero-order valence-corrected chi connectivity index (χ0v) is 11.3. The highest BCUT2D eigenvalue weighted by atomic mass is 79.9. The molecule has 1 saturated heterocycles. The number of rotatable bonds is 3. The Morgan fingerprint density at radius 3 is 2.80 bits per heavy atom. The second-order valence-electron chi connectivity index (χ2n) is 5.34. The maximum absolute atomic E-state index is 3.95. The molecule has 0 amide bonds. The summed E-state index contributed by atoms with van der Waals surface area (Å²) in [7, 11) is 0. The van der Waals surface area contributed by atoms with E-state index in [0.717, 1.165) is 30.0 Å². The molecule has 2 fully saturated rings. The van der Waals surface area contributed by atoms with Crippen LogP contribution in [0.1, 0.15) is 26.7 Å². The van der Waals surface area contributed by atoms with Gasteiger partial charge in [0.15, 0.2) is 0 Å².